The maximum Gasteiger partial charge on any atom is 0.331 e. The first kappa shape index (κ1) is 21.7. The number of aromatic nitrogens is 3. The molecule has 8 heteroatoms. The van der Waals surface area contributed by atoms with Gasteiger partial charge in [-0.1, -0.05) is 19.9 Å². The summed E-state index contributed by atoms with van der Waals surface area (Å²) in [7, 11) is 0. The number of hydrogen-bond acceptors (Lipinski definition) is 5. The molecule has 1 aromatic carbocycles. The van der Waals surface area contributed by atoms with E-state index >= 15 is 0 Å². The van der Waals surface area contributed by atoms with Crippen molar-refractivity contribution in [2.45, 2.75) is 33.2 Å². The van der Waals surface area contributed by atoms with Crippen molar-refractivity contribution in [1.29, 1.82) is 5.26 Å². The van der Waals surface area contributed by atoms with Crippen molar-refractivity contribution < 1.29 is 9.13 Å². The van der Waals surface area contributed by atoms with E-state index in [4.69, 9.17) is 10.00 Å². The highest BCUT2D eigenvalue weighted by Crippen LogP contribution is 2.29. The van der Waals surface area contributed by atoms with Crippen LogP contribution in [0.4, 0.5) is 4.39 Å². The minimum atomic E-state index is -0.672. The third-order valence-corrected chi connectivity index (χ3v) is 4.53. The molecule has 7 nitrogen and oxygen atoms in total. The lowest BCUT2D eigenvalue weighted by Crippen LogP contribution is -2.34. The van der Waals surface area contributed by atoms with Crippen LogP contribution in [0.5, 0.6) is 11.6 Å². The monoisotopic (exact) mass is 420 g/mol. The molecule has 0 amide bonds. The lowest BCUT2D eigenvalue weighted by Gasteiger charge is -2.19. The summed E-state index contributed by atoms with van der Waals surface area (Å²) in [6.45, 7) is 5.48. The minimum absolute atomic E-state index is 0.0168. The molecule has 158 valence electrons. The minimum Gasteiger partial charge on any atom is -0.440 e. The van der Waals surface area contributed by atoms with E-state index in [1.54, 1.807) is 24.3 Å². The van der Waals surface area contributed by atoms with E-state index < -0.39 is 17.2 Å². The first-order valence-electron chi connectivity index (χ1n) is 9.61. The van der Waals surface area contributed by atoms with Crippen LogP contribution >= 0.6 is 0 Å². The fraction of sp³-hybridized carbons (Fsp3) is 0.217. The zero-order valence-corrected chi connectivity index (χ0v) is 17.3. The Bertz CT molecular complexity index is 1300. The smallest absolute Gasteiger partial charge is 0.331 e. The highest BCUT2D eigenvalue weighted by molar-refractivity contribution is 5.55. The Balaban J connectivity index is 2.17. The number of halogens is 1. The van der Waals surface area contributed by atoms with Crippen LogP contribution in [0.2, 0.25) is 0 Å². The molecular weight excluding hydrogens is 399 g/mol. The highest BCUT2D eigenvalue weighted by atomic mass is 19.1. The van der Waals surface area contributed by atoms with Crippen LogP contribution in [-0.4, -0.2) is 14.5 Å². The van der Waals surface area contributed by atoms with Gasteiger partial charge in [-0.3, -0.25) is 14.3 Å². The van der Waals surface area contributed by atoms with Crippen molar-refractivity contribution in [3.05, 3.63) is 91.6 Å². The molecule has 0 radical (unpaired) electrons. The van der Waals surface area contributed by atoms with Gasteiger partial charge < -0.3 is 4.74 Å². The molecule has 0 bridgehead atoms. The van der Waals surface area contributed by atoms with Gasteiger partial charge in [-0.2, -0.15) is 9.65 Å². The number of ether oxygens (including phenoxy) is 1. The fourth-order valence-corrected chi connectivity index (χ4v) is 3.23. The first-order chi connectivity index (χ1) is 14.8. The second-order valence-corrected chi connectivity index (χ2v) is 7.35. The molecule has 3 rings (SSSR count). The molecule has 31 heavy (non-hydrogen) atoms. The summed E-state index contributed by atoms with van der Waals surface area (Å²) in [5, 5.41) is 8.78. The van der Waals surface area contributed by atoms with E-state index in [2.05, 4.69) is 9.97 Å². The van der Waals surface area contributed by atoms with E-state index in [9.17, 15) is 14.0 Å². The summed E-state index contributed by atoms with van der Waals surface area (Å²) in [6.07, 6.45) is 4.28. The molecule has 0 aliphatic heterocycles. The summed E-state index contributed by atoms with van der Waals surface area (Å²) in [6, 6.07) is 10.1. The van der Waals surface area contributed by atoms with Crippen molar-refractivity contribution in [3.63, 3.8) is 0 Å². The number of aromatic amines is 1. The van der Waals surface area contributed by atoms with Crippen molar-refractivity contribution in [3.8, 4) is 17.7 Å². The van der Waals surface area contributed by atoms with Crippen LogP contribution in [0.25, 0.3) is 6.08 Å². The number of nitrogens with one attached hydrogen (secondary N) is 1. The predicted molar refractivity (Wildman–Crippen MR) is 115 cm³/mol. The Labute approximate surface area is 178 Å². The van der Waals surface area contributed by atoms with Crippen molar-refractivity contribution in [2.24, 2.45) is 0 Å². The molecule has 0 atom stereocenters. The Kier molecular flexibility index (Phi) is 6.46. The van der Waals surface area contributed by atoms with Gasteiger partial charge in [0.2, 0.25) is 11.8 Å². The maximum absolute atomic E-state index is 13.6. The third-order valence-electron chi connectivity index (χ3n) is 4.53. The number of allylic oxidation sites excluding steroid dienone is 1. The van der Waals surface area contributed by atoms with Gasteiger partial charge in [-0.25, -0.2) is 9.78 Å². The summed E-state index contributed by atoms with van der Waals surface area (Å²) < 4.78 is 20.9. The van der Waals surface area contributed by atoms with E-state index in [0.717, 1.165) is 11.1 Å². The number of benzene rings is 1. The van der Waals surface area contributed by atoms with Crippen molar-refractivity contribution >= 4 is 6.08 Å². The van der Waals surface area contributed by atoms with Crippen molar-refractivity contribution in [2.75, 3.05) is 0 Å². The highest BCUT2D eigenvalue weighted by Gasteiger charge is 2.20. The van der Waals surface area contributed by atoms with Crippen LogP contribution in [0, 0.1) is 24.2 Å². The Morgan fingerprint density at radius 1 is 1.29 bits per heavy atom. The van der Waals surface area contributed by atoms with Gasteiger partial charge in [-0.15, -0.1) is 0 Å². The van der Waals surface area contributed by atoms with Gasteiger partial charge >= 0.3 is 5.69 Å². The van der Waals surface area contributed by atoms with E-state index in [1.807, 2.05) is 32.9 Å². The Hall–Kier alpha value is -3.99. The number of rotatable bonds is 6. The molecule has 0 aliphatic carbocycles. The fourth-order valence-electron chi connectivity index (χ4n) is 3.23. The van der Waals surface area contributed by atoms with Crippen LogP contribution < -0.4 is 16.0 Å². The molecule has 2 aromatic heterocycles. The van der Waals surface area contributed by atoms with Gasteiger partial charge in [0.25, 0.3) is 5.56 Å². The van der Waals surface area contributed by atoms with Crippen molar-refractivity contribution in [1.82, 2.24) is 14.5 Å². The zero-order chi connectivity index (χ0) is 22.5. The standard InChI is InChI=1S/C23H21FN4O3/c1-14(2)20-21(29)27-23(30)28(13-17-6-8-26-19(24)12-17)22(20)31-18-10-15(3)9-16(11-18)5-4-7-25/h4-6,8-12,14H,13H2,1-3H3,(H,27,29,30). The number of nitrogens with zero attached hydrogens (tertiary/aromatic N) is 3. The van der Waals surface area contributed by atoms with Gasteiger partial charge in [0.15, 0.2) is 0 Å². The third kappa shape index (κ3) is 5.14. The molecule has 0 saturated heterocycles. The molecule has 3 aromatic rings. The molecule has 0 fully saturated rings. The van der Waals surface area contributed by atoms with Crippen LogP contribution in [0.15, 0.2) is 52.2 Å². The summed E-state index contributed by atoms with van der Waals surface area (Å²) >= 11 is 0. The number of nitriles is 1. The average molecular weight is 420 g/mol. The molecule has 1 N–H and O–H groups in total. The largest absolute Gasteiger partial charge is 0.440 e. The van der Waals surface area contributed by atoms with E-state index in [0.29, 0.717) is 16.9 Å². The van der Waals surface area contributed by atoms with Gasteiger partial charge in [0.05, 0.1) is 18.2 Å². The summed E-state index contributed by atoms with van der Waals surface area (Å²) in [4.78, 5) is 31.1. The SMILES string of the molecule is Cc1cc(C=CC#N)cc(Oc2c(C(C)C)c(=O)[nH]c(=O)n2Cc2ccnc(F)c2)c1. The zero-order valence-electron chi connectivity index (χ0n) is 17.3. The molecule has 2 heterocycles. The Morgan fingerprint density at radius 2 is 2.06 bits per heavy atom. The normalized spacial score (nSPS) is 11.1. The number of pyridine rings is 1. The summed E-state index contributed by atoms with van der Waals surface area (Å²) in [5.74, 6) is -0.433. The Morgan fingerprint density at radius 3 is 2.74 bits per heavy atom. The number of H-pyrrole nitrogens is 1. The molecule has 0 aliphatic rings. The first-order valence-corrected chi connectivity index (χ1v) is 9.61. The van der Waals surface area contributed by atoms with Gasteiger partial charge in [0, 0.05) is 12.3 Å². The topological polar surface area (TPSA) is 101 Å². The quantitative estimate of drug-likeness (QED) is 0.482. The lowest BCUT2D eigenvalue weighted by molar-refractivity contribution is 0.409. The van der Waals surface area contributed by atoms with Crippen LogP contribution in [-0.2, 0) is 6.54 Å². The van der Waals surface area contributed by atoms with Gasteiger partial charge in [-0.05, 0) is 59.9 Å². The molecular formula is C23H21FN4O3. The average Bonchev–Trinajstić information content (AvgIpc) is 2.68. The summed E-state index contributed by atoms with van der Waals surface area (Å²) in [5.41, 5.74) is 1.19. The van der Waals surface area contributed by atoms with E-state index in [-0.39, 0.29) is 18.3 Å². The van der Waals surface area contributed by atoms with Gasteiger partial charge in [0.1, 0.15) is 5.75 Å². The molecule has 0 saturated carbocycles. The van der Waals surface area contributed by atoms with Crippen LogP contribution in [0.1, 0.15) is 42.0 Å². The second kappa shape index (κ2) is 9.22. The second-order valence-electron chi connectivity index (χ2n) is 7.35. The van der Waals surface area contributed by atoms with E-state index in [1.165, 1.54) is 22.9 Å². The molecule has 0 spiro atoms. The maximum atomic E-state index is 13.6. The molecule has 0 unspecified atom stereocenters. The number of aryl methyl sites for hydroxylation is 1. The number of hydrogen-bond donors (Lipinski definition) is 1. The lowest BCUT2D eigenvalue weighted by atomic mass is 10.1. The van der Waals surface area contributed by atoms with Crippen LogP contribution in [0.3, 0.4) is 0 Å². The predicted octanol–water partition coefficient (Wildman–Crippen LogP) is 3.88.